The Labute approximate surface area is 124 Å². The highest BCUT2D eigenvalue weighted by molar-refractivity contribution is 8.16. The van der Waals surface area contributed by atoms with Crippen LogP contribution in [0.4, 0.5) is 0 Å². The van der Waals surface area contributed by atoms with Crippen molar-refractivity contribution in [3.8, 4) is 0 Å². The summed E-state index contributed by atoms with van der Waals surface area (Å²) in [6, 6.07) is 15.7. The molecule has 0 aliphatic carbocycles. The number of rotatable bonds is 5. The van der Waals surface area contributed by atoms with Gasteiger partial charge in [-0.05, 0) is 18.1 Å². The number of carbonyl (C=O) groups is 1. The minimum absolute atomic E-state index is 0.670. The van der Waals surface area contributed by atoms with Crippen LogP contribution in [-0.4, -0.2) is 6.29 Å². The van der Waals surface area contributed by atoms with Gasteiger partial charge in [0.1, 0.15) is 6.29 Å². The molecular weight excluding hydrogens is 264 g/mol. The maximum atomic E-state index is 10.6. The van der Waals surface area contributed by atoms with Gasteiger partial charge < -0.3 is 0 Å². The highest BCUT2D eigenvalue weighted by atomic mass is 32.2. The van der Waals surface area contributed by atoms with E-state index in [-0.39, 0.29) is 0 Å². The number of hydrogen-bond acceptors (Lipinski definition) is 2. The van der Waals surface area contributed by atoms with Crippen molar-refractivity contribution >= 4 is 27.9 Å². The zero-order valence-corrected chi connectivity index (χ0v) is 12.2. The fourth-order valence-electron chi connectivity index (χ4n) is 1.75. The van der Waals surface area contributed by atoms with Crippen molar-refractivity contribution in [2.75, 3.05) is 0 Å². The third-order valence-corrected chi connectivity index (χ3v) is 3.95. The predicted molar refractivity (Wildman–Crippen MR) is 88.7 cm³/mol. The second-order valence-corrected chi connectivity index (χ2v) is 5.74. The Balaban J connectivity index is 2.08. The van der Waals surface area contributed by atoms with Gasteiger partial charge in [0.05, 0.1) is 0 Å². The Morgan fingerprint density at radius 3 is 1.80 bits per heavy atom. The molecule has 2 heteroatoms. The third kappa shape index (κ3) is 3.49. The quantitative estimate of drug-likeness (QED) is 0.702. The van der Waals surface area contributed by atoms with E-state index in [9.17, 15) is 4.79 Å². The van der Waals surface area contributed by atoms with E-state index in [4.69, 9.17) is 0 Å². The van der Waals surface area contributed by atoms with Gasteiger partial charge in [-0.2, -0.15) is 0 Å². The summed E-state index contributed by atoms with van der Waals surface area (Å²) in [6.07, 6.45) is 0.838. The highest BCUT2D eigenvalue weighted by Gasteiger charge is 2.05. The van der Waals surface area contributed by atoms with Crippen molar-refractivity contribution in [3.05, 3.63) is 83.9 Å². The summed E-state index contributed by atoms with van der Waals surface area (Å²) in [7, 11) is 0. The van der Waals surface area contributed by atoms with Crippen molar-refractivity contribution in [1.29, 1.82) is 0 Å². The van der Waals surface area contributed by atoms with Gasteiger partial charge >= 0.3 is 0 Å². The Hall–Kier alpha value is -2.06. The van der Waals surface area contributed by atoms with Crippen molar-refractivity contribution in [3.63, 3.8) is 0 Å². The second kappa shape index (κ2) is 6.40. The van der Waals surface area contributed by atoms with Crippen LogP contribution < -0.4 is 0 Å². The summed E-state index contributed by atoms with van der Waals surface area (Å²) < 4.78 is 0. The van der Waals surface area contributed by atoms with Gasteiger partial charge in [-0.1, -0.05) is 79.0 Å². The zero-order valence-electron chi connectivity index (χ0n) is 11.4. The third-order valence-electron chi connectivity index (χ3n) is 2.99. The van der Waals surface area contributed by atoms with E-state index in [1.54, 1.807) is 23.9 Å². The molecule has 0 N–H and O–H groups in total. The molecule has 0 radical (unpaired) electrons. The van der Waals surface area contributed by atoms with Crippen LogP contribution in [0.3, 0.4) is 0 Å². The lowest BCUT2D eigenvalue weighted by atomic mass is 10.1. The lowest BCUT2D eigenvalue weighted by Gasteiger charge is -2.09. The van der Waals surface area contributed by atoms with Gasteiger partial charge in [-0.15, -0.1) is 0 Å². The average molecular weight is 280 g/mol. The van der Waals surface area contributed by atoms with Crippen LogP contribution in [0.1, 0.15) is 27.0 Å². The first-order valence-electron chi connectivity index (χ1n) is 6.28. The zero-order chi connectivity index (χ0) is 14.5. The maximum absolute atomic E-state index is 10.6. The molecule has 0 saturated heterocycles. The summed E-state index contributed by atoms with van der Waals surface area (Å²) >= 11 is 1.55. The van der Waals surface area contributed by atoms with Crippen LogP contribution in [0.2, 0.25) is 0 Å². The molecule has 0 aliphatic rings. The van der Waals surface area contributed by atoms with Gasteiger partial charge in [0.15, 0.2) is 0 Å². The summed E-state index contributed by atoms with van der Waals surface area (Å²) in [6.45, 7) is 10.2. The number of benzene rings is 2. The van der Waals surface area contributed by atoms with Gasteiger partial charge in [-0.3, -0.25) is 4.79 Å². The minimum atomic E-state index is 0.670. The normalized spacial score (nSPS) is 10.1. The Morgan fingerprint density at radius 2 is 1.35 bits per heavy atom. The number of aryl methyl sites for hydroxylation is 1. The maximum Gasteiger partial charge on any atom is 0.150 e. The molecule has 2 aromatic rings. The molecule has 1 nitrogen and oxygen atoms in total. The first-order valence-corrected chi connectivity index (χ1v) is 7.10. The summed E-state index contributed by atoms with van der Waals surface area (Å²) in [4.78, 5) is 12.5. The first-order chi connectivity index (χ1) is 9.60. The molecule has 0 saturated carbocycles. The Bertz CT molecular complexity index is 636. The topological polar surface area (TPSA) is 17.1 Å². The van der Waals surface area contributed by atoms with E-state index >= 15 is 0 Å². The SMILES string of the molecule is C=C(SC(=C)c1ccc(C=O)cc1)c1ccc(C)cc1. The molecule has 2 aromatic carbocycles. The van der Waals surface area contributed by atoms with Crippen molar-refractivity contribution < 1.29 is 4.79 Å². The molecule has 0 aliphatic heterocycles. The van der Waals surface area contributed by atoms with E-state index in [0.717, 1.165) is 27.2 Å². The number of aldehydes is 1. The molecule has 0 atom stereocenters. The van der Waals surface area contributed by atoms with E-state index in [1.165, 1.54) is 5.56 Å². The smallest absolute Gasteiger partial charge is 0.150 e. The number of hydrogen-bond donors (Lipinski definition) is 0. The fraction of sp³-hybridized carbons (Fsp3) is 0.0556. The first kappa shape index (κ1) is 14.4. The molecule has 20 heavy (non-hydrogen) atoms. The molecule has 2 rings (SSSR count). The second-order valence-electron chi connectivity index (χ2n) is 4.55. The summed E-state index contributed by atoms with van der Waals surface area (Å²) in [5, 5.41) is 0. The standard InChI is InChI=1S/C18H16OS/c1-13-4-8-17(9-5-13)14(2)20-15(3)18-10-6-16(12-19)7-11-18/h4-12H,2-3H2,1H3. The van der Waals surface area contributed by atoms with Crippen LogP contribution in [0.5, 0.6) is 0 Å². The predicted octanol–water partition coefficient (Wildman–Crippen LogP) is 5.18. The highest BCUT2D eigenvalue weighted by Crippen LogP contribution is 2.36. The van der Waals surface area contributed by atoms with Gasteiger partial charge in [0, 0.05) is 15.4 Å². The summed E-state index contributed by atoms with van der Waals surface area (Å²) in [5.74, 6) is 0. The monoisotopic (exact) mass is 280 g/mol. The van der Waals surface area contributed by atoms with Crippen LogP contribution in [-0.2, 0) is 0 Å². The molecule has 0 heterocycles. The lowest BCUT2D eigenvalue weighted by Crippen LogP contribution is -1.84. The fourth-order valence-corrected chi connectivity index (χ4v) is 2.56. The largest absolute Gasteiger partial charge is 0.298 e. The van der Waals surface area contributed by atoms with E-state index < -0.39 is 0 Å². The van der Waals surface area contributed by atoms with Crippen molar-refractivity contribution in [2.24, 2.45) is 0 Å². The van der Waals surface area contributed by atoms with Gasteiger partial charge in [0.2, 0.25) is 0 Å². The lowest BCUT2D eigenvalue weighted by molar-refractivity contribution is 0.112. The van der Waals surface area contributed by atoms with Crippen molar-refractivity contribution in [2.45, 2.75) is 6.92 Å². The van der Waals surface area contributed by atoms with E-state index in [0.29, 0.717) is 5.56 Å². The van der Waals surface area contributed by atoms with Crippen LogP contribution in [0.15, 0.2) is 61.7 Å². The molecule has 0 spiro atoms. The summed E-state index contributed by atoms with van der Waals surface area (Å²) in [5.41, 5.74) is 4.01. The molecular formula is C18H16OS. The number of thioether (sulfide) groups is 1. The van der Waals surface area contributed by atoms with Crippen LogP contribution in [0.25, 0.3) is 9.81 Å². The van der Waals surface area contributed by atoms with Gasteiger partial charge in [0.25, 0.3) is 0 Å². The Morgan fingerprint density at radius 1 is 0.900 bits per heavy atom. The Kier molecular flexibility index (Phi) is 4.59. The molecule has 0 aromatic heterocycles. The average Bonchev–Trinajstić information content (AvgIpc) is 2.48. The molecule has 0 unspecified atom stereocenters. The number of carbonyl (C=O) groups excluding carboxylic acids is 1. The molecule has 0 amide bonds. The van der Waals surface area contributed by atoms with Crippen molar-refractivity contribution in [1.82, 2.24) is 0 Å². The van der Waals surface area contributed by atoms with Gasteiger partial charge in [-0.25, -0.2) is 0 Å². The van der Waals surface area contributed by atoms with Crippen LogP contribution >= 0.6 is 11.8 Å². The molecule has 0 bridgehead atoms. The minimum Gasteiger partial charge on any atom is -0.298 e. The molecule has 0 fully saturated rings. The van der Waals surface area contributed by atoms with Crippen LogP contribution in [0, 0.1) is 6.92 Å². The molecule has 100 valence electrons. The van der Waals surface area contributed by atoms with E-state index in [2.05, 4.69) is 44.3 Å². The van der Waals surface area contributed by atoms with E-state index in [1.807, 2.05) is 12.1 Å².